The first-order chi connectivity index (χ1) is 26.5. The van der Waals surface area contributed by atoms with Crippen molar-refractivity contribution >= 4 is 35.1 Å². The molecule has 1 heterocycles. The molecule has 0 saturated heterocycles. The second-order valence-electron chi connectivity index (χ2n) is 16.5. The van der Waals surface area contributed by atoms with Crippen LogP contribution >= 0.6 is 23.5 Å². The van der Waals surface area contributed by atoms with Gasteiger partial charge in [-0.15, -0.1) is 0 Å². The van der Waals surface area contributed by atoms with Gasteiger partial charge in [0.05, 0.1) is 6.61 Å². The summed E-state index contributed by atoms with van der Waals surface area (Å²) in [5.74, 6) is 2.34. The van der Waals surface area contributed by atoms with Gasteiger partial charge in [-0.1, -0.05) is 132 Å². The van der Waals surface area contributed by atoms with Gasteiger partial charge >= 0.3 is 0 Å². The number of hydrogen-bond donors (Lipinski definition) is 0. The summed E-state index contributed by atoms with van der Waals surface area (Å²) in [5.41, 5.74) is 7.60. The Kier molecular flexibility index (Phi) is 12.0. The lowest BCUT2D eigenvalue weighted by Gasteiger charge is -2.29. The van der Waals surface area contributed by atoms with E-state index in [1.54, 1.807) is 12.1 Å². The molecule has 0 amide bonds. The van der Waals surface area contributed by atoms with Crippen molar-refractivity contribution < 1.29 is 14.3 Å². The molecule has 55 heavy (non-hydrogen) atoms. The van der Waals surface area contributed by atoms with Gasteiger partial charge in [0.1, 0.15) is 10.8 Å². The molecule has 0 spiro atoms. The minimum Gasteiger partial charge on any atom is -0.493 e. The summed E-state index contributed by atoms with van der Waals surface area (Å²) in [4.78, 5) is 35.4. The van der Waals surface area contributed by atoms with Crippen LogP contribution in [0.2, 0.25) is 0 Å². The summed E-state index contributed by atoms with van der Waals surface area (Å²) in [7, 11) is 0. The van der Waals surface area contributed by atoms with Crippen molar-refractivity contribution in [3.63, 3.8) is 0 Å². The van der Waals surface area contributed by atoms with E-state index in [1.165, 1.54) is 74.9 Å². The Labute approximate surface area is 336 Å². The van der Waals surface area contributed by atoms with E-state index in [1.807, 2.05) is 36.5 Å². The zero-order chi connectivity index (χ0) is 38.7. The van der Waals surface area contributed by atoms with Crippen molar-refractivity contribution in [3.8, 4) is 16.9 Å². The predicted molar refractivity (Wildman–Crippen MR) is 227 cm³/mol. The fourth-order valence-electron chi connectivity index (χ4n) is 8.10. The first-order valence-corrected chi connectivity index (χ1v) is 21.7. The van der Waals surface area contributed by atoms with Crippen LogP contribution in [0, 0.1) is 25.7 Å². The van der Waals surface area contributed by atoms with Crippen LogP contribution < -0.4 is 4.74 Å². The number of hydrogen-bond acceptors (Lipinski definition) is 6. The Morgan fingerprint density at radius 3 is 1.87 bits per heavy atom. The Morgan fingerprint density at radius 1 is 0.709 bits per heavy atom. The van der Waals surface area contributed by atoms with E-state index in [4.69, 9.17) is 4.74 Å². The summed E-state index contributed by atoms with van der Waals surface area (Å²) in [6.45, 7) is 13.9. The molecule has 0 aliphatic heterocycles. The second kappa shape index (κ2) is 16.9. The van der Waals surface area contributed by atoms with Crippen LogP contribution in [0.5, 0.6) is 5.75 Å². The maximum absolute atomic E-state index is 14.1. The average Bonchev–Trinajstić information content (AvgIpc) is 3.17. The van der Waals surface area contributed by atoms with Crippen molar-refractivity contribution in [3.05, 3.63) is 130 Å². The van der Waals surface area contributed by atoms with Gasteiger partial charge in [0, 0.05) is 43.1 Å². The van der Waals surface area contributed by atoms with E-state index in [-0.39, 0.29) is 17.0 Å². The van der Waals surface area contributed by atoms with Crippen molar-refractivity contribution in [1.29, 1.82) is 0 Å². The van der Waals surface area contributed by atoms with Crippen LogP contribution in [-0.4, -0.2) is 23.2 Å². The van der Waals surface area contributed by atoms with Crippen LogP contribution in [0.4, 0.5) is 0 Å². The number of ether oxygens (including phenoxy) is 1. The normalized spacial score (nSPS) is 16.8. The van der Waals surface area contributed by atoms with Gasteiger partial charge in [-0.2, -0.15) is 0 Å². The van der Waals surface area contributed by atoms with Gasteiger partial charge in [-0.05, 0) is 114 Å². The second-order valence-corrected chi connectivity index (χ2v) is 18.7. The van der Waals surface area contributed by atoms with Crippen LogP contribution in [0.3, 0.4) is 0 Å². The SMILES string of the molecule is CCCCCC1CCC(COc2c(C)cc(-c3ccc(Sc4cccc5c4C(=O)c4cccc(Sc6ccc(C(C)(C)C)cn6)c4C5=O)cc3)cc2C)CC1. The van der Waals surface area contributed by atoms with Crippen molar-refractivity contribution in [1.82, 2.24) is 4.98 Å². The minimum atomic E-state index is -0.125. The van der Waals surface area contributed by atoms with Crippen LogP contribution in [0.25, 0.3) is 11.1 Å². The van der Waals surface area contributed by atoms with Crippen LogP contribution in [0.1, 0.15) is 128 Å². The molecule has 2 aliphatic carbocycles. The Hall–Kier alpha value is -4.13. The van der Waals surface area contributed by atoms with Crippen LogP contribution in [-0.2, 0) is 5.41 Å². The molecule has 1 saturated carbocycles. The predicted octanol–water partition coefficient (Wildman–Crippen LogP) is 13.5. The lowest BCUT2D eigenvalue weighted by Crippen LogP contribution is -2.22. The molecule has 284 valence electrons. The number of fused-ring (bicyclic) bond motifs is 2. The minimum absolute atomic E-state index is 0.00199. The van der Waals surface area contributed by atoms with Gasteiger partial charge in [0.15, 0.2) is 11.6 Å². The molecule has 4 aromatic carbocycles. The number of aromatic nitrogens is 1. The highest BCUT2D eigenvalue weighted by Gasteiger charge is 2.34. The highest BCUT2D eigenvalue weighted by molar-refractivity contribution is 7.99. The monoisotopic (exact) mass is 767 g/mol. The fraction of sp³-hybridized carbons (Fsp3) is 0.367. The molecule has 6 heteroatoms. The number of rotatable bonds is 12. The molecule has 0 N–H and O–H groups in total. The quantitative estimate of drug-likeness (QED) is 0.116. The summed E-state index contributed by atoms with van der Waals surface area (Å²) in [6.07, 6.45) is 12.6. The molecule has 7 rings (SSSR count). The number of aryl methyl sites for hydroxylation is 2. The van der Waals surface area contributed by atoms with Gasteiger partial charge in [-0.3, -0.25) is 9.59 Å². The largest absolute Gasteiger partial charge is 0.493 e. The van der Waals surface area contributed by atoms with Crippen molar-refractivity contribution in [2.24, 2.45) is 11.8 Å². The number of benzene rings is 4. The van der Waals surface area contributed by atoms with E-state index in [0.717, 1.165) is 65.8 Å². The van der Waals surface area contributed by atoms with E-state index in [0.29, 0.717) is 28.2 Å². The molecule has 0 radical (unpaired) electrons. The highest BCUT2D eigenvalue weighted by atomic mass is 32.2. The molecular weight excluding hydrogens is 715 g/mol. The molecule has 1 aromatic heterocycles. The molecular formula is C49H53NO3S2. The van der Waals surface area contributed by atoms with E-state index >= 15 is 0 Å². The maximum atomic E-state index is 14.1. The Bertz CT molecular complexity index is 2150. The van der Waals surface area contributed by atoms with Gasteiger partial charge < -0.3 is 4.74 Å². The smallest absolute Gasteiger partial charge is 0.195 e. The summed E-state index contributed by atoms with van der Waals surface area (Å²) in [6, 6.07) is 28.1. The van der Waals surface area contributed by atoms with E-state index < -0.39 is 0 Å². The molecule has 0 unspecified atom stereocenters. The first kappa shape index (κ1) is 39.1. The fourth-order valence-corrected chi connectivity index (χ4v) is 10.00. The number of unbranched alkanes of at least 4 members (excludes halogenated alkanes) is 2. The van der Waals surface area contributed by atoms with Gasteiger partial charge in [-0.25, -0.2) is 4.98 Å². The van der Waals surface area contributed by atoms with E-state index in [9.17, 15) is 9.59 Å². The third-order valence-electron chi connectivity index (χ3n) is 11.3. The Balaban J connectivity index is 1.03. The van der Waals surface area contributed by atoms with Crippen LogP contribution in [0.15, 0.2) is 111 Å². The first-order valence-electron chi connectivity index (χ1n) is 20.0. The number of ketones is 2. The highest BCUT2D eigenvalue weighted by Crippen LogP contribution is 2.42. The number of carbonyl (C=O) groups is 2. The standard InChI is InChI=1S/C49H53NO3S2/c1-7-8-9-12-33-17-19-34(20-18-33)30-53-48-31(2)27-36(28-32(48)3)35-21-24-38(25-22-35)54-41-15-10-13-39-44(41)46(51)40-14-11-16-42(45(40)47(39)52)55-43-26-23-37(29-50-43)49(4,5)6/h10-11,13-16,21-29,33-34H,7-9,12,17-20,30H2,1-6H3. The third kappa shape index (κ3) is 8.81. The molecule has 2 aliphatic rings. The molecule has 4 nitrogen and oxygen atoms in total. The molecule has 0 atom stereocenters. The zero-order valence-electron chi connectivity index (χ0n) is 33.2. The number of nitrogens with zero attached hydrogens (tertiary/aromatic N) is 1. The zero-order valence-corrected chi connectivity index (χ0v) is 34.8. The lowest BCUT2D eigenvalue weighted by molar-refractivity contribution is 0.0974. The summed E-state index contributed by atoms with van der Waals surface area (Å²) >= 11 is 2.95. The van der Waals surface area contributed by atoms with Crippen molar-refractivity contribution in [2.45, 2.75) is 118 Å². The van der Waals surface area contributed by atoms with E-state index in [2.05, 4.69) is 89.0 Å². The third-order valence-corrected chi connectivity index (χ3v) is 13.4. The molecule has 0 bridgehead atoms. The molecule has 1 fully saturated rings. The Morgan fingerprint density at radius 2 is 1.31 bits per heavy atom. The number of carbonyl (C=O) groups excluding carboxylic acids is 2. The van der Waals surface area contributed by atoms with Crippen molar-refractivity contribution in [2.75, 3.05) is 6.61 Å². The lowest BCUT2D eigenvalue weighted by atomic mass is 9.80. The van der Waals surface area contributed by atoms with Gasteiger partial charge in [0.25, 0.3) is 0 Å². The van der Waals surface area contributed by atoms with Gasteiger partial charge in [0.2, 0.25) is 0 Å². The molecule has 5 aromatic rings. The summed E-state index contributed by atoms with van der Waals surface area (Å²) < 4.78 is 6.49. The maximum Gasteiger partial charge on any atom is 0.195 e. The number of pyridine rings is 1. The average molecular weight is 768 g/mol. The summed E-state index contributed by atoms with van der Waals surface area (Å²) in [5, 5.41) is 0.787. The topological polar surface area (TPSA) is 56.3 Å².